The SMILES string of the molecule is Cc1ccc(N/C(N)=N\C2NC(=O)CC(C)N2)c(C)c1. The van der Waals surface area contributed by atoms with Gasteiger partial charge in [0.25, 0.3) is 0 Å². The second-order valence-corrected chi connectivity index (χ2v) is 5.20. The van der Waals surface area contributed by atoms with Crippen molar-refractivity contribution < 1.29 is 4.79 Å². The van der Waals surface area contributed by atoms with Crippen LogP contribution in [0.25, 0.3) is 0 Å². The van der Waals surface area contributed by atoms with Gasteiger partial charge in [0.1, 0.15) is 0 Å². The van der Waals surface area contributed by atoms with E-state index in [0.29, 0.717) is 6.42 Å². The molecule has 2 atom stereocenters. The first kappa shape index (κ1) is 14.3. The largest absolute Gasteiger partial charge is 0.370 e. The molecule has 1 saturated heterocycles. The molecule has 1 aliphatic heterocycles. The predicted octanol–water partition coefficient (Wildman–Crippen LogP) is 0.812. The average Bonchev–Trinajstić information content (AvgIpc) is 2.31. The maximum atomic E-state index is 11.4. The number of hydrogen-bond donors (Lipinski definition) is 4. The van der Waals surface area contributed by atoms with Gasteiger partial charge in [-0.1, -0.05) is 17.7 Å². The van der Waals surface area contributed by atoms with E-state index < -0.39 is 6.29 Å². The molecule has 6 nitrogen and oxygen atoms in total. The van der Waals surface area contributed by atoms with Crippen LogP contribution in [0.4, 0.5) is 5.69 Å². The number of benzene rings is 1. The summed E-state index contributed by atoms with van der Waals surface area (Å²) in [6.45, 7) is 5.98. The van der Waals surface area contributed by atoms with Crippen molar-refractivity contribution in [2.45, 2.75) is 39.5 Å². The minimum Gasteiger partial charge on any atom is -0.370 e. The minimum absolute atomic E-state index is 0.0238. The number of nitrogens with two attached hydrogens (primary N) is 1. The topological polar surface area (TPSA) is 91.5 Å². The number of amides is 1. The van der Waals surface area contributed by atoms with Crippen LogP contribution in [0.1, 0.15) is 24.5 Å². The third kappa shape index (κ3) is 3.71. The van der Waals surface area contributed by atoms with Gasteiger partial charge < -0.3 is 16.4 Å². The summed E-state index contributed by atoms with van der Waals surface area (Å²) in [5, 5.41) is 8.93. The number of anilines is 1. The standard InChI is InChI=1S/C14H21N5O/c1-8-4-5-11(9(2)6-8)17-13(15)19-14-16-10(3)7-12(20)18-14/h4-6,10,14,16H,7H2,1-3H3,(H,18,20)(H3,15,17,19). The molecule has 0 radical (unpaired) electrons. The summed E-state index contributed by atoms with van der Waals surface area (Å²) in [5.74, 6) is 0.244. The van der Waals surface area contributed by atoms with Crippen LogP contribution in [0.2, 0.25) is 0 Å². The second-order valence-electron chi connectivity index (χ2n) is 5.20. The summed E-state index contributed by atoms with van der Waals surface area (Å²) in [6.07, 6.45) is -0.0272. The van der Waals surface area contributed by atoms with Gasteiger partial charge in [-0.05, 0) is 32.4 Å². The number of carbonyl (C=O) groups is 1. The van der Waals surface area contributed by atoms with Crippen molar-refractivity contribution in [1.82, 2.24) is 10.6 Å². The van der Waals surface area contributed by atoms with E-state index in [4.69, 9.17) is 5.73 Å². The lowest BCUT2D eigenvalue weighted by atomic mass is 10.1. The molecule has 0 saturated carbocycles. The molecular weight excluding hydrogens is 254 g/mol. The van der Waals surface area contributed by atoms with E-state index in [1.54, 1.807) is 0 Å². The number of rotatable bonds is 2. The van der Waals surface area contributed by atoms with Crippen LogP contribution in [0.5, 0.6) is 0 Å². The van der Waals surface area contributed by atoms with Gasteiger partial charge in [0.2, 0.25) is 5.91 Å². The third-order valence-electron chi connectivity index (χ3n) is 3.14. The smallest absolute Gasteiger partial charge is 0.224 e. The molecule has 0 spiro atoms. The summed E-state index contributed by atoms with van der Waals surface area (Å²) in [5.41, 5.74) is 9.08. The summed E-state index contributed by atoms with van der Waals surface area (Å²) in [4.78, 5) is 15.7. The average molecular weight is 275 g/mol. The highest BCUT2D eigenvalue weighted by molar-refractivity contribution is 5.93. The number of aryl methyl sites for hydroxylation is 2. The molecule has 1 amide bonds. The molecule has 1 aliphatic rings. The zero-order chi connectivity index (χ0) is 14.7. The van der Waals surface area contributed by atoms with Gasteiger partial charge in [0, 0.05) is 18.2 Å². The van der Waals surface area contributed by atoms with Crippen molar-refractivity contribution in [3.8, 4) is 0 Å². The van der Waals surface area contributed by atoms with E-state index >= 15 is 0 Å². The molecule has 6 heteroatoms. The zero-order valence-corrected chi connectivity index (χ0v) is 12.0. The van der Waals surface area contributed by atoms with Crippen LogP contribution in [0, 0.1) is 13.8 Å². The first-order valence-electron chi connectivity index (χ1n) is 6.67. The molecule has 2 unspecified atom stereocenters. The molecule has 0 aromatic heterocycles. The number of hydrogen-bond acceptors (Lipinski definition) is 3. The van der Waals surface area contributed by atoms with Crippen LogP contribution < -0.4 is 21.7 Å². The van der Waals surface area contributed by atoms with Crippen molar-refractivity contribution in [3.63, 3.8) is 0 Å². The number of aliphatic imine (C=N–C) groups is 1. The van der Waals surface area contributed by atoms with Gasteiger partial charge in [-0.3, -0.25) is 10.1 Å². The number of carbonyl (C=O) groups excluding carboxylic acids is 1. The van der Waals surface area contributed by atoms with Crippen molar-refractivity contribution in [3.05, 3.63) is 29.3 Å². The Balaban J connectivity index is 2.05. The summed E-state index contributed by atoms with van der Waals surface area (Å²) in [7, 11) is 0. The first-order chi connectivity index (χ1) is 9.44. The van der Waals surface area contributed by atoms with Crippen LogP contribution in [0.3, 0.4) is 0 Å². The fourth-order valence-corrected chi connectivity index (χ4v) is 2.19. The predicted molar refractivity (Wildman–Crippen MR) is 80.3 cm³/mol. The molecule has 1 aromatic carbocycles. The molecule has 2 rings (SSSR count). The van der Waals surface area contributed by atoms with Crippen LogP contribution in [-0.4, -0.2) is 24.2 Å². The Morgan fingerprint density at radius 3 is 2.85 bits per heavy atom. The van der Waals surface area contributed by atoms with E-state index in [-0.39, 0.29) is 17.9 Å². The van der Waals surface area contributed by atoms with Crippen molar-refractivity contribution in [2.75, 3.05) is 5.32 Å². The van der Waals surface area contributed by atoms with Crippen molar-refractivity contribution >= 4 is 17.6 Å². The highest BCUT2D eigenvalue weighted by atomic mass is 16.2. The highest BCUT2D eigenvalue weighted by Crippen LogP contribution is 2.15. The third-order valence-corrected chi connectivity index (χ3v) is 3.14. The Morgan fingerprint density at radius 2 is 2.20 bits per heavy atom. The van der Waals surface area contributed by atoms with Crippen LogP contribution in [0.15, 0.2) is 23.2 Å². The number of guanidine groups is 1. The van der Waals surface area contributed by atoms with Gasteiger partial charge in [0.05, 0.1) is 0 Å². The van der Waals surface area contributed by atoms with E-state index in [1.165, 1.54) is 5.56 Å². The lowest BCUT2D eigenvalue weighted by Crippen LogP contribution is -2.55. The normalized spacial score (nSPS) is 23.4. The fourth-order valence-electron chi connectivity index (χ4n) is 2.19. The molecule has 1 fully saturated rings. The molecule has 1 heterocycles. The second kappa shape index (κ2) is 5.92. The molecule has 0 aliphatic carbocycles. The fraction of sp³-hybridized carbons (Fsp3) is 0.429. The molecule has 5 N–H and O–H groups in total. The zero-order valence-electron chi connectivity index (χ0n) is 12.0. The maximum absolute atomic E-state index is 11.4. The van der Waals surface area contributed by atoms with E-state index in [0.717, 1.165) is 11.3 Å². The minimum atomic E-state index is -0.482. The lowest BCUT2D eigenvalue weighted by molar-refractivity contribution is -0.124. The van der Waals surface area contributed by atoms with Crippen LogP contribution in [-0.2, 0) is 4.79 Å². The van der Waals surface area contributed by atoms with E-state index in [1.807, 2.05) is 32.9 Å². The number of nitrogens with one attached hydrogen (secondary N) is 3. The van der Waals surface area contributed by atoms with Gasteiger partial charge >= 0.3 is 0 Å². The van der Waals surface area contributed by atoms with Crippen molar-refractivity contribution in [1.29, 1.82) is 0 Å². The molecule has 108 valence electrons. The Kier molecular flexibility index (Phi) is 4.24. The van der Waals surface area contributed by atoms with Gasteiger partial charge in [0.15, 0.2) is 12.2 Å². The molecular formula is C14H21N5O. The van der Waals surface area contributed by atoms with Crippen molar-refractivity contribution in [2.24, 2.45) is 10.7 Å². The van der Waals surface area contributed by atoms with Crippen LogP contribution >= 0.6 is 0 Å². The maximum Gasteiger partial charge on any atom is 0.224 e. The highest BCUT2D eigenvalue weighted by Gasteiger charge is 2.22. The summed E-state index contributed by atoms with van der Waals surface area (Å²) >= 11 is 0. The van der Waals surface area contributed by atoms with E-state index in [2.05, 4.69) is 27.0 Å². The Morgan fingerprint density at radius 1 is 1.45 bits per heavy atom. The Labute approximate surface area is 118 Å². The van der Waals surface area contributed by atoms with Gasteiger partial charge in [-0.15, -0.1) is 0 Å². The Hall–Kier alpha value is -2.08. The monoisotopic (exact) mass is 275 g/mol. The van der Waals surface area contributed by atoms with Gasteiger partial charge in [-0.2, -0.15) is 0 Å². The summed E-state index contributed by atoms with van der Waals surface area (Å²) < 4.78 is 0. The lowest BCUT2D eigenvalue weighted by Gasteiger charge is -2.27. The molecule has 1 aromatic rings. The van der Waals surface area contributed by atoms with E-state index in [9.17, 15) is 4.79 Å². The summed E-state index contributed by atoms with van der Waals surface area (Å²) in [6, 6.07) is 6.12. The molecule has 0 bridgehead atoms. The Bertz CT molecular complexity index is 540. The quantitative estimate of drug-likeness (QED) is 0.475. The molecule has 20 heavy (non-hydrogen) atoms. The number of nitrogens with zero attached hydrogens (tertiary/aromatic N) is 1. The first-order valence-corrected chi connectivity index (χ1v) is 6.67. The van der Waals surface area contributed by atoms with Gasteiger partial charge in [-0.25, -0.2) is 4.99 Å².